The van der Waals surface area contributed by atoms with Gasteiger partial charge < -0.3 is 0 Å². The van der Waals surface area contributed by atoms with E-state index in [9.17, 15) is 0 Å². The van der Waals surface area contributed by atoms with Gasteiger partial charge in [-0.15, -0.1) is 0 Å². The fraction of sp³-hybridized carbons (Fsp3) is 0.467. The molecule has 0 spiro atoms. The Kier molecular flexibility index (Phi) is 4.00. The highest BCUT2D eigenvalue weighted by Crippen LogP contribution is 2.35. The summed E-state index contributed by atoms with van der Waals surface area (Å²) in [6.07, 6.45) is 7.87. The quantitative estimate of drug-likeness (QED) is 0.540. The second-order valence-electron chi connectivity index (χ2n) is 4.96. The molecule has 1 heteroatoms. The molecular formula is C15H22Si. The first-order valence-corrected chi connectivity index (χ1v) is 7.95. The first-order chi connectivity index (χ1) is 7.79. The lowest BCUT2D eigenvalue weighted by molar-refractivity contribution is 0.516. The third-order valence-corrected chi connectivity index (χ3v) is 4.04. The average Bonchev–Trinajstić information content (AvgIpc) is 2.30. The lowest BCUT2D eigenvalue weighted by Crippen LogP contribution is -2.06. The van der Waals surface area contributed by atoms with Crippen LogP contribution in [0.4, 0.5) is 0 Å². The van der Waals surface area contributed by atoms with Gasteiger partial charge in [0.1, 0.15) is 0 Å². The van der Waals surface area contributed by atoms with Gasteiger partial charge in [-0.05, 0) is 50.1 Å². The summed E-state index contributed by atoms with van der Waals surface area (Å²) in [4.78, 5) is 0. The van der Waals surface area contributed by atoms with E-state index in [0.717, 1.165) is 5.92 Å². The third kappa shape index (κ3) is 2.85. The van der Waals surface area contributed by atoms with Gasteiger partial charge in [0.2, 0.25) is 0 Å². The molecule has 1 aromatic carbocycles. The largest absolute Gasteiger partial charge is 0.0889 e. The zero-order chi connectivity index (χ0) is 11.4. The summed E-state index contributed by atoms with van der Waals surface area (Å²) in [7, 11) is 1.32. The van der Waals surface area contributed by atoms with Crippen LogP contribution < -0.4 is 0 Å². The molecule has 2 rings (SSSR count). The van der Waals surface area contributed by atoms with Gasteiger partial charge >= 0.3 is 0 Å². The second kappa shape index (κ2) is 5.49. The SMILES string of the molecule is Cc1cccc(C2CCC(=CC[SiH3])CC2)c1. The van der Waals surface area contributed by atoms with Crippen LogP contribution in [0.1, 0.15) is 42.7 Å². The smallest absolute Gasteiger partial charge is 0.00756 e. The zero-order valence-electron chi connectivity index (χ0n) is 10.5. The summed E-state index contributed by atoms with van der Waals surface area (Å²) in [5.41, 5.74) is 4.68. The van der Waals surface area contributed by atoms with Crippen LogP contribution in [-0.4, -0.2) is 10.2 Å². The fourth-order valence-corrected chi connectivity index (χ4v) is 3.32. The Morgan fingerprint density at radius 3 is 2.69 bits per heavy atom. The van der Waals surface area contributed by atoms with E-state index >= 15 is 0 Å². The van der Waals surface area contributed by atoms with Gasteiger partial charge in [0, 0.05) is 10.2 Å². The van der Waals surface area contributed by atoms with E-state index < -0.39 is 0 Å². The van der Waals surface area contributed by atoms with Gasteiger partial charge in [-0.25, -0.2) is 0 Å². The predicted octanol–water partition coefficient (Wildman–Crippen LogP) is 3.36. The molecule has 1 aromatic rings. The summed E-state index contributed by atoms with van der Waals surface area (Å²) in [5.74, 6) is 0.811. The first-order valence-electron chi connectivity index (χ1n) is 6.54. The molecule has 0 bridgehead atoms. The van der Waals surface area contributed by atoms with Crippen molar-refractivity contribution in [3.8, 4) is 0 Å². The third-order valence-electron chi connectivity index (χ3n) is 3.63. The van der Waals surface area contributed by atoms with Crippen molar-refractivity contribution in [3.63, 3.8) is 0 Å². The van der Waals surface area contributed by atoms with Gasteiger partial charge in [-0.2, -0.15) is 0 Å². The van der Waals surface area contributed by atoms with Crippen molar-refractivity contribution in [2.75, 3.05) is 0 Å². The van der Waals surface area contributed by atoms with E-state index in [-0.39, 0.29) is 0 Å². The summed E-state index contributed by atoms with van der Waals surface area (Å²) >= 11 is 0. The number of rotatable bonds is 2. The zero-order valence-corrected chi connectivity index (χ0v) is 12.5. The Hall–Kier alpha value is -0.823. The molecule has 0 aliphatic heterocycles. The molecule has 16 heavy (non-hydrogen) atoms. The van der Waals surface area contributed by atoms with Crippen molar-refractivity contribution in [2.24, 2.45) is 0 Å². The molecular weight excluding hydrogens is 208 g/mol. The van der Waals surface area contributed by atoms with Crippen LogP contribution in [0.2, 0.25) is 6.04 Å². The van der Waals surface area contributed by atoms with Crippen LogP contribution in [-0.2, 0) is 0 Å². The molecule has 0 nitrogen and oxygen atoms in total. The normalized spacial score (nSPS) is 21.1. The maximum atomic E-state index is 2.48. The molecule has 0 amide bonds. The van der Waals surface area contributed by atoms with Crippen LogP contribution in [0.3, 0.4) is 0 Å². The Morgan fingerprint density at radius 1 is 1.31 bits per heavy atom. The summed E-state index contributed by atoms with van der Waals surface area (Å²) < 4.78 is 0. The van der Waals surface area contributed by atoms with Gasteiger partial charge in [0.05, 0.1) is 0 Å². The highest BCUT2D eigenvalue weighted by molar-refractivity contribution is 6.09. The molecule has 0 radical (unpaired) electrons. The number of benzene rings is 1. The van der Waals surface area contributed by atoms with Gasteiger partial charge in [0.15, 0.2) is 0 Å². The van der Waals surface area contributed by atoms with Crippen molar-refractivity contribution in [1.29, 1.82) is 0 Å². The van der Waals surface area contributed by atoms with Crippen LogP contribution in [0.15, 0.2) is 35.9 Å². The highest BCUT2D eigenvalue weighted by Gasteiger charge is 2.17. The number of allylic oxidation sites excluding steroid dienone is 2. The van der Waals surface area contributed by atoms with Crippen LogP contribution in [0.25, 0.3) is 0 Å². The summed E-state index contributed by atoms with van der Waals surface area (Å²) in [6, 6.07) is 10.4. The molecule has 0 aromatic heterocycles. The average molecular weight is 230 g/mol. The van der Waals surface area contributed by atoms with Crippen molar-refractivity contribution < 1.29 is 0 Å². The molecule has 1 aliphatic rings. The maximum Gasteiger partial charge on any atom is 0.00756 e. The minimum absolute atomic E-state index is 0.811. The first kappa shape index (κ1) is 11.7. The van der Waals surface area contributed by atoms with E-state index in [1.165, 1.54) is 47.5 Å². The molecule has 86 valence electrons. The number of aryl methyl sites for hydroxylation is 1. The van der Waals surface area contributed by atoms with E-state index in [4.69, 9.17) is 0 Å². The Balaban J connectivity index is 2.01. The summed E-state index contributed by atoms with van der Waals surface area (Å²) in [6.45, 7) is 2.19. The molecule has 1 fully saturated rings. The standard InChI is InChI=1S/C15H22Si/c1-12-3-2-4-15(11-12)14-7-5-13(6-8-14)9-10-16/h2-4,9,11,14H,5-8,10H2,1,16H3. The van der Waals surface area contributed by atoms with E-state index in [1.54, 1.807) is 11.1 Å². The predicted molar refractivity (Wildman–Crippen MR) is 75.2 cm³/mol. The van der Waals surface area contributed by atoms with Crippen LogP contribution >= 0.6 is 0 Å². The van der Waals surface area contributed by atoms with E-state index in [1.807, 2.05) is 0 Å². The van der Waals surface area contributed by atoms with E-state index in [2.05, 4.69) is 37.3 Å². The minimum Gasteiger partial charge on any atom is -0.0889 e. The molecule has 0 heterocycles. The van der Waals surface area contributed by atoms with E-state index in [0.29, 0.717) is 0 Å². The van der Waals surface area contributed by atoms with Crippen molar-refractivity contribution in [2.45, 2.75) is 44.6 Å². The van der Waals surface area contributed by atoms with Gasteiger partial charge in [-0.1, -0.05) is 41.5 Å². The Labute approximate surface area is 102 Å². The minimum atomic E-state index is 0.811. The Morgan fingerprint density at radius 2 is 2.06 bits per heavy atom. The topological polar surface area (TPSA) is 0 Å². The number of hydrogen-bond acceptors (Lipinski definition) is 0. The van der Waals surface area contributed by atoms with Gasteiger partial charge in [-0.3, -0.25) is 0 Å². The van der Waals surface area contributed by atoms with Crippen molar-refractivity contribution in [3.05, 3.63) is 47.0 Å². The van der Waals surface area contributed by atoms with Gasteiger partial charge in [0.25, 0.3) is 0 Å². The lowest BCUT2D eigenvalue weighted by Gasteiger charge is -2.24. The monoisotopic (exact) mass is 230 g/mol. The second-order valence-corrected chi connectivity index (χ2v) is 5.78. The maximum absolute atomic E-state index is 2.48. The Bertz CT molecular complexity index is 369. The molecule has 0 unspecified atom stereocenters. The molecule has 0 saturated heterocycles. The van der Waals surface area contributed by atoms with Crippen LogP contribution in [0, 0.1) is 6.92 Å². The van der Waals surface area contributed by atoms with Crippen LogP contribution in [0.5, 0.6) is 0 Å². The van der Waals surface area contributed by atoms with Crippen molar-refractivity contribution >= 4 is 10.2 Å². The van der Waals surface area contributed by atoms with Crippen molar-refractivity contribution in [1.82, 2.24) is 0 Å². The molecule has 1 aliphatic carbocycles. The molecule has 1 saturated carbocycles. The summed E-state index contributed by atoms with van der Waals surface area (Å²) in [5, 5.41) is 0. The number of hydrogen-bond donors (Lipinski definition) is 0. The fourth-order valence-electron chi connectivity index (χ4n) is 2.74. The molecule has 0 atom stereocenters. The highest BCUT2D eigenvalue weighted by atomic mass is 28.1. The lowest BCUT2D eigenvalue weighted by atomic mass is 9.81. The molecule has 0 N–H and O–H groups in total.